The van der Waals surface area contributed by atoms with E-state index in [1.165, 1.54) is 12.3 Å². The highest BCUT2D eigenvalue weighted by atomic mass is 79.9. The molecule has 1 heterocycles. The van der Waals surface area contributed by atoms with E-state index in [1.54, 1.807) is 18.2 Å². The van der Waals surface area contributed by atoms with Crippen molar-refractivity contribution in [3.05, 3.63) is 63.9 Å². The van der Waals surface area contributed by atoms with Gasteiger partial charge in [-0.25, -0.2) is 9.78 Å². The Hall–Kier alpha value is -2.18. The molecule has 0 aliphatic carbocycles. The molecule has 2 aromatic rings. The zero-order valence-corrected chi connectivity index (χ0v) is 14.2. The van der Waals surface area contributed by atoms with Crippen molar-refractivity contribution < 1.29 is 14.3 Å². The molecule has 0 aliphatic heterocycles. The normalized spacial score (nSPS) is 10.5. The van der Waals surface area contributed by atoms with Gasteiger partial charge >= 0.3 is 5.97 Å². The van der Waals surface area contributed by atoms with Crippen molar-refractivity contribution in [2.45, 2.75) is 0 Å². The van der Waals surface area contributed by atoms with Gasteiger partial charge in [0.2, 0.25) is 0 Å². The first-order valence-corrected chi connectivity index (χ1v) is 7.72. The molecule has 1 N–H and O–H groups in total. The minimum atomic E-state index is -0.611. The van der Waals surface area contributed by atoms with E-state index in [2.05, 4.69) is 26.2 Å². The van der Waals surface area contributed by atoms with Gasteiger partial charge in [-0.3, -0.25) is 4.79 Å². The highest BCUT2D eigenvalue weighted by molar-refractivity contribution is 9.10. The molecule has 0 aliphatic rings. The van der Waals surface area contributed by atoms with Crippen molar-refractivity contribution in [3.63, 3.8) is 0 Å². The van der Waals surface area contributed by atoms with Gasteiger partial charge in [0, 0.05) is 16.7 Å². The van der Waals surface area contributed by atoms with Gasteiger partial charge in [0.15, 0.2) is 11.8 Å². The number of halogens is 2. The monoisotopic (exact) mass is 394 g/mol. The second-order valence-electron chi connectivity index (χ2n) is 4.38. The predicted octanol–water partition coefficient (Wildman–Crippen LogP) is 3.69. The lowest BCUT2D eigenvalue weighted by molar-refractivity contribution is -0.142. The van der Waals surface area contributed by atoms with E-state index < -0.39 is 18.5 Å². The number of amides is 1. The number of rotatable bonds is 5. The molecule has 2 rings (SSSR count). The molecule has 1 amide bonds. The van der Waals surface area contributed by atoms with Gasteiger partial charge in [0.25, 0.3) is 5.91 Å². The number of hydrogen-bond acceptors (Lipinski definition) is 4. The van der Waals surface area contributed by atoms with Gasteiger partial charge in [-0.2, -0.15) is 0 Å². The molecule has 7 heteroatoms. The largest absolute Gasteiger partial charge is 0.452 e. The second-order valence-corrected chi connectivity index (χ2v) is 5.66. The third-order valence-electron chi connectivity index (χ3n) is 2.66. The molecular formula is C16H12BrClN2O3. The first-order chi connectivity index (χ1) is 11.0. The standard InChI is InChI=1S/C16H12BrClN2O3/c17-12-6-3-11(4-7-12)5-8-15(22)23-10-14(21)20-13-2-1-9-19-16(13)18/h1-9H,10H2,(H,20,21)/b8-5+. The molecule has 0 unspecified atom stereocenters. The van der Waals surface area contributed by atoms with Crippen LogP contribution in [0.2, 0.25) is 5.15 Å². The highest BCUT2D eigenvalue weighted by Gasteiger charge is 2.08. The molecule has 0 spiro atoms. The maximum Gasteiger partial charge on any atom is 0.331 e. The van der Waals surface area contributed by atoms with Crippen LogP contribution in [0.3, 0.4) is 0 Å². The maximum absolute atomic E-state index is 11.7. The number of anilines is 1. The average Bonchev–Trinajstić information content (AvgIpc) is 2.54. The van der Waals surface area contributed by atoms with Crippen LogP contribution in [0.1, 0.15) is 5.56 Å². The summed E-state index contributed by atoms with van der Waals surface area (Å²) in [6, 6.07) is 10.6. The van der Waals surface area contributed by atoms with Crippen molar-refractivity contribution in [2.75, 3.05) is 11.9 Å². The number of carbonyl (C=O) groups is 2. The Morgan fingerprint density at radius 3 is 2.70 bits per heavy atom. The van der Waals surface area contributed by atoms with E-state index in [1.807, 2.05) is 24.3 Å². The Morgan fingerprint density at radius 2 is 2.00 bits per heavy atom. The number of benzene rings is 1. The number of nitrogens with zero attached hydrogens (tertiary/aromatic N) is 1. The van der Waals surface area contributed by atoms with Crippen LogP contribution in [0.4, 0.5) is 5.69 Å². The van der Waals surface area contributed by atoms with Crippen molar-refractivity contribution in [1.29, 1.82) is 0 Å². The van der Waals surface area contributed by atoms with Crippen LogP contribution in [0, 0.1) is 0 Å². The fourth-order valence-electron chi connectivity index (χ4n) is 1.59. The number of nitrogens with one attached hydrogen (secondary N) is 1. The number of aromatic nitrogens is 1. The lowest BCUT2D eigenvalue weighted by Crippen LogP contribution is -2.20. The maximum atomic E-state index is 11.7. The number of ether oxygens (including phenoxy) is 1. The number of hydrogen-bond donors (Lipinski definition) is 1. The quantitative estimate of drug-likeness (QED) is 0.476. The summed E-state index contributed by atoms with van der Waals surface area (Å²) in [5.74, 6) is -1.11. The van der Waals surface area contributed by atoms with E-state index in [4.69, 9.17) is 16.3 Å². The second kappa shape index (κ2) is 8.45. The van der Waals surface area contributed by atoms with Crippen LogP contribution in [-0.2, 0) is 14.3 Å². The number of pyridine rings is 1. The summed E-state index contributed by atoms with van der Waals surface area (Å²) in [5, 5.41) is 2.67. The summed E-state index contributed by atoms with van der Waals surface area (Å²) in [6.07, 6.45) is 4.36. The number of carbonyl (C=O) groups excluding carboxylic acids is 2. The van der Waals surface area contributed by atoms with Gasteiger partial charge in [-0.05, 0) is 35.9 Å². The van der Waals surface area contributed by atoms with Gasteiger partial charge in [0.1, 0.15) is 0 Å². The third-order valence-corrected chi connectivity index (χ3v) is 3.49. The third kappa shape index (κ3) is 5.84. The zero-order valence-electron chi connectivity index (χ0n) is 11.8. The van der Waals surface area contributed by atoms with Gasteiger partial charge in [-0.1, -0.05) is 39.7 Å². The summed E-state index contributed by atoms with van der Waals surface area (Å²) < 4.78 is 5.80. The minimum Gasteiger partial charge on any atom is -0.452 e. The summed E-state index contributed by atoms with van der Waals surface area (Å²) in [7, 11) is 0. The molecule has 0 fully saturated rings. The molecule has 0 radical (unpaired) electrons. The number of esters is 1. The molecule has 0 bridgehead atoms. The van der Waals surface area contributed by atoms with Crippen LogP contribution >= 0.6 is 27.5 Å². The van der Waals surface area contributed by atoms with E-state index in [-0.39, 0.29) is 5.15 Å². The van der Waals surface area contributed by atoms with Crippen molar-refractivity contribution in [2.24, 2.45) is 0 Å². The minimum absolute atomic E-state index is 0.169. The molecule has 1 aromatic carbocycles. The fraction of sp³-hybridized carbons (Fsp3) is 0.0625. The Bertz CT molecular complexity index is 732. The summed E-state index contributed by atoms with van der Waals surface area (Å²) in [5.41, 5.74) is 1.21. The van der Waals surface area contributed by atoms with Gasteiger partial charge < -0.3 is 10.1 Å². The predicted molar refractivity (Wildman–Crippen MR) is 92.0 cm³/mol. The molecule has 5 nitrogen and oxygen atoms in total. The molecule has 0 atom stereocenters. The van der Waals surface area contributed by atoms with Crippen molar-refractivity contribution in [3.8, 4) is 0 Å². The highest BCUT2D eigenvalue weighted by Crippen LogP contribution is 2.17. The first-order valence-electron chi connectivity index (χ1n) is 6.55. The van der Waals surface area contributed by atoms with E-state index >= 15 is 0 Å². The van der Waals surface area contributed by atoms with Crippen LogP contribution in [0.25, 0.3) is 6.08 Å². The van der Waals surface area contributed by atoms with Crippen LogP contribution < -0.4 is 5.32 Å². The molecule has 118 valence electrons. The zero-order chi connectivity index (χ0) is 16.7. The van der Waals surface area contributed by atoms with Crippen molar-refractivity contribution >= 4 is 51.2 Å². The average molecular weight is 396 g/mol. The lowest BCUT2D eigenvalue weighted by atomic mass is 10.2. The van der Waals surface area contributed by atoms with Crippen LogP contribution in [0.5, 0.6) is 0 Å². The van der Waals surface area contributed by atoms with E-state index in [9.17, 15) is 9.59 Å². The summed E-state index contributed by atoms with van der Waals surface area (Å²) in [4.78, 5) is 27.1. The molecule has 0 saturated carbocycles. The van der Waals surface area contributed by atoms with E-state index in [0.29, 0.717) is 5.69 Å². The Labute approximate surface area is 146 Å². The topological polar surface area (TPSA) is 68.3 Å². The SMILES string of the molecule is O=C(COC(=O)/C=C/c1ccc(Br)cc1)Nc1cccnc1Cl. The van der Waals surface area contributed by atoms with Gasteiger partial charge in [0.05, 0.1) is 5.69 Å². The molecular weight excluding hydrogens is 384 g/mol. The Balaban J connectivity index is 1.81. The van der Waals surface area contributed by atoms with Crippen LogP contribution in [-0.4, -0.2) is 23.5 Å². The fourth-order valence-corrected chi connectivity index (χ4v) is 2.02. The Kier molecular flexibility index (Phi) is 6.31. The first kappa shape index (κ1) is 17.2. The van der Waals surface area contributed by atoms with E-state index in [0.717, 1.165) is 10.0 Å². The summed E-state index contributed by atoms with van der Waals surface area (Å²) >= 11 is 9.14. The lowest BCUT2D eigenvalue weighted by Gasteiger charge is -2.06. The Morgan fingerprint density at radius 1 is 1.26 bits per heavy atom. The van der Waals surface area contributed by atoms with Crippen molar-refractivity contribution in [1.82, 2.24) is 4.98 Å². The van der Waals surface area contributed by atoms with Crippen LogP contribution in [0.15, 0.2) is 53.1 Å². The smallest absolute Gasteiger partial charge is 0.331 e. The molecule has 1 aromatic heterocycles. The van der Waals surface area contributed by atoms with Gasteiger partial charge in [-0.15, -0.1) is 0 Å². The molecule has 23 heavy (non-hydrogen) atoms. The molecule has 0 saturated heterocycles. The summed E-state index contributed by atoms with van der Waals surface area (Å²) in [6.45, 7) is -0.408.